The van der Waals surface area contributed by atoms with Crippen LogP contribution in [0.1, 0.15) is 22.3 Å². The Labute approximate surface area is 129 Å². The fraction of sp³-hybridized carbons (Fsp3) is 0.235. The van der Waals surface area contributed by atoms with Crippen LogP contribution in [0.4, 0.5) is 5.69 Å². The second-order valence-electron chi connectivity index (χ2n) is 4.89. The van der Waals surface area contributed by atoms with Gasteiger partial charge in [0, 0.05) is 24.2 Å². The summed E-state index contributed by atoms with van der Waals surface area (Å²) in [5.74, 6) is 0.413. The number of Topliss-reactive ketones (excluding diaryl/α,β-unsaturated/α-hetero) is 1. The Morgan fingerprint density at radius 2 is 1.82 bits per heavy atom. The Morgan fingerprint density at radius 1 is 1.14 bits per heavy atom. The molecule has 0 aromatic heterocycles. The maximum Gasteiger partial charge on any atom is 0.170 e. The molecule has 0 aliphatic heterocycles. The molecule has 3 N–H and O–H groups in total. The molecule has 0 radical (unpaired) electrons. The SMILES string of the molecule is COc1cc(O)c(C(=O)CCc2ccc(N)cc2)c(OC)c1. The number of methoxy groups -OCH3 is 2. The van der Waals surface area contributed by atoms with E-state index in [9.17, 15) is 9.90 Å². The summed E-state index contributed by atoms with van der Waals surface area (Å²) in [6.07, 6.45) is 0.827. The van der Waals surface area contributed by atoms with Crippen LogP contribution in [-0.4, -0.2) is 25.1 Å². The molecule has 5 nitrogen and oxygen atoms in total. The van der Waals surface area contributed by atoms with Gasteiger partial charge in [-0.3, -0.25) is 4.79 Å². The van der Waals surface area contributed by atoms with Crippen molar-refractivity contribution in [3.05, 3.63) is 47.5 Å². The van der Waals surface area contributed by atoms with Crippen LogP contribution in [0.2, 0.25) is 0 Å². The summed E-state index contributed by atoms with van der Waals surface area (Å²) in [7, 11) is 2.93. The van der Waals surface area contributed by atoms with Crippen LogP contribution < -0.4 is 15.2 Å². The number of nitrogens with two attached hydrogens (primary N) is 1. The first kappa shape index (κ1) is 15.7. The second kappa shape index (κ2) is 6.85. The highest BCUT2D eigenvalue weighted by atomic mass is 16.5. The van der Waals surface area contributed by atoms with Gasteiger partial charge in [0.2, 0.25) is 0 Å². The molecule has 0 fully saturated rings. The van der Waals surface area contributed by atoms with Gasteiger partial charge in [-0.2, -0.15) is 0 Å². The Kier molecular flexibility index (Phi) is 4.88. The number of ketones is 1. The van der Waals surface area contributed by atoms with Crippen LogP contribution in [0.3, 0.4) is 0 Å². The molecule has 0 unspecified atom stereocenters. The van der Waals surface area contributed by atoms with E-state index in [0.29, 0.717) is 23.6 Å². The van der Waals surface area contributed by atoms with Crippen LogP contribution in [0.5, 0.6) is 17.2 Å². The number of rotatable bonds is 6. The van der Waals surface area contributed by atoms with E-state index in [2.05, 4.69) is 0 Å². The van der Waals surface area contributed by atoms with E-state index >= 15 is 0 Å². The first-order valence-electron chi connectivity index (χ1n) is 6.87. The van der Waals surface area contributed by atoms with Gasteiger partial charge in [0.1, 0.15) is 22.8 Å². The molecule has 0 amide bonds. The van der Waals surface area contributed by atoms with Crippen LogP contribution in [0.25, 0.3) is 0 Å². The van der Waals surface area contributed by atoms with Crippen LogP contribution in [-0.2, 0) is 6.42 Å². The summed E-state index contributed by atoms with van der Waals surface area (Å²) in [6.45, 7) is 0. The molecule has 0 saturated carbocycles. The lowest BCUT2D eigenvalue weighted by Crippen LogP contribution is -2.05. The molecule has 2 rings (SSSR count). The molecule has 0 saturated heterocycles. The fourth-order valence-corrected chi connectivity index (χ4v) is 2.20. The summed E-state index contributed by atoms with van der Waals surface area (Å²) < 4.78 is 10.2. The quantitative estimate of drug-likeness (QED) is 0.633. The lowest BCUT2D eigenvalue weighted by Gasteiger charge is -2.12. The van der Waals surface area contributed by atoms with E-state index in [4.69, 9.17) is 15.2 Å². The fourth-order valence-electron chi connectivity index (χ4n) is 2.20. The van der Waals surface area contributed by atoms with Crippen molar-refractivity contribution in [1.82, 2.24) is 0 Å². The molecule has 2 aromatic rings. The third kappa shape index (κ3) is 3.49. The molecular formula is C17H19NO4. The van der Waals surface area contributed by atoms with E-state index in [1.54, 1.807) is 18.2 Å². The molecule has 0 bridgehead atoms. The van der Waals surface area contributed by atoms with Gasteiger partial charge in [0.15, 0.2) is 5.78 Å². The lowest BCUT2D eigenvalue weighted by molar-refractivity contribution is 0.0977. The van der Waals surface area contributed by atoms with Gasteiger partial charge < -0.3 is 20.3 Å². The maximum atomic E-state index is 12.4. The van der Waals surface area contributed by atoms with E-state index < -0.39 is 0 Å². The largest absolute Gasteiger partial charge is 0.507 e. The zero-order valence-corrected chi connectivity index (χ0v) is 12.6. The lowest BCUT2D eigenvalue weighted by atomic mass is 10.0. The first-order valence-corrected chi connectivity index (χ1v) is 6.87. The van der Waals surface area contributed by atoms with E-state index in [0.717, 1.165) is 5.56 Å². The summed E-state index contributed by atoms with van der Waals surface area (Å²) in [6, 6.07) is 10.3. The van der Waals surface area contributed by atoms with Crippen molar-refractivity contribution in [2.45, 2.75) is 12.8 Å². The van der Waals surface area contributed by atoms with Gasteiger partial charge in [0.05, 0.1) is 14.2 Å². The summed E-state index contributed by atoms with van der Waals surface area (Å²) in [4.78, 5) is 12.4. The number of hydrogen-bond donors (Lipinski definition) is 2. The predicted octanol–water partition coefficient (Wildman–Crippen LogP) is 2.81. The minimum Gasteiger partial charge on any atom is -0.507 e. The predicted molar refractivity (Wildman–Crippen MR) is 84.7 cm³/mol. The topological polar surface area (TPSA) is 81.8 Å². The van der Waals surface area contributed by atoms with Crippen LogP contribution in [0.15, 0.2) is 36.4 Å². The van der Waals surface area contributed by atoms with Crippen molar-refractivity contribution in [2.75, 3.05) is 20.0 Å². The third-order valence-corrected chi connectivity index (χ3v) is 3.41. The molecule has 22 heavy (non-hydrogen) atoms. The summed E-state index contributed by atoms with van der Waals surface area (Å²) in [5, 5.41) is 10.0. The molecule has 0 aliphatic rings. The zero-order chi connectivity index (χ0) is 16.1. The Morgan fingerprint density at radius 3 is 2.41 bits per heavy atom. The molecular weight excluding hydrogens is 282 g/mol. The van der Waals surface area contributed by atoms with Gasteiger partial charge in [-0.1, -0.05) is 12.1 Å². The number of phenols is 1. The van der Waals surface area contributed by atoms with Gasteiger partial charge >= 0.3 is 0 Å². The Hall–Kier alpha value is -2.69. The molecule has 2 aromatic carbocycles. The highest BCUT2D eigenvalue weighted by Crippen LogP contribution is 2.34. The van der Waals surface area contributed by atoms with E-state index in [-0.39, 0.29) is 23.5 Å². The number of carbonyl (C=O) groups excluding carboxylic acids is 1. The van der Waals surface area contributed by atoms with Crippen molar-refractivity contribution in [1.29, 1.82) is 0 Å². The molecule has 0 atom stereocenters. The monoisotopic (exact) mass is 301 g/mol. The number of phenolic OH excluding ortho intramolecular Hbond substituents is 1. The molecule has 5 heteroatoms. The minimum atomic E-state index is -0.186. The zero-order valence-electron chi connectivity index (χ0n) is 12.6. The normalized spacial score (nSPS) is 10.3. The number of anilines is 1. The first-order chi connectivity index (χ1) is 10.5. The molecule has 0 heterocycles. The van der Waals surface area contributed by atoms with Crippen molar-refractivity contribution >= 4 is 11.5 Å². The Bertz CT molecular complexity index is 665. The summed E-state index contributed by atoms with van der Waals surface area (Å²) in [5.41, 5.74) is 7.50. The number of nitrogen functional groups attached to an aromatic ring is 1. The number of hydrogen-bond acceptors (Lipinski definition) is 5. The van der Waals surface area contributed by atoms with Crippen LogP contribution in [0, 0.1) is 0 Å². The van der Waals surface area contributed by atoms with Gasteiger partial charge in [-0.05, 0) is 24.1 Å². The highest BCUT2D eigenvalue weighted by molar-refractivity contribution is 6.01. The van der Waals surface area contributed by atoms with Crippen molar-refractivity contribution in [2.24, 2.45) is 0 Å². The number of aromatic hydroxyl groups is 1. The smallest absolute Gasteiger partial charge is 0.170 e. The van der Waals surface area contributed by atoms with Gasteiger partial charge in [-0.25, -0.2) is 0 Å². The van der Waals surface area contributed by atoms with Gasteiger partial charge in [-0.15, -0.1) is 0 Å². The molecule has 116 valence electrons. The standard InChI is InChI=1S/C17H19NO4/c1-21-13-9-15(20)17(16(10-13)22-2)14(19)8-5-11-3-6-12(18)7-4-11/h3-4,6-7,9-10,20H,5,8,18H2,1-2H3. The average molecular weight is 301 g/mol. The average Bonchev–Trinajstić information content (AvgIpc) is 2.53. The second-order valence-corrected chi connectivity index (χ2v) is 4.89. The number of ether oxygens (including phenoxy) is 2. The molecule has 0 aliphatic carbocycles. The third-order valence-electron chi connectivity index (χ3n) is 3.41. The van der Waals surface area contributed by atoms with E-state index in [1.807, 2.05) is 12.1 Å². The summed E-state index contributed by atoms with van der Waals surface area (Å²) >= 11 is 0. The highest BCUT2D eigenvalue weighted by Gasteiger charge is 2.19. The van der Waals surface area contributed by atoms with Crippen molar-refractivity contribution in [3.63, 3.8) is 0 Å². The maximum absolute atomic E-state index is 12.4. The Balaban J connectivity index is 2.17. The van der Waals surface area contributed by atoms with Crippen LogP contribution >= 0.6 is 0 Å². The number of benzene rings is 2. The van der Waals surface area contributed by atoms with Crippen molar-refractivity contribution in [3.8, 4) is 17.2 Å². The van der Waals surface area contributed by atoms with Crippen molar-refractivity contribution < 1.29 is 19.4 Å². The minimum absolute atomic E-state index is 0.140. The van der Waals surface area contributed by atoms with Gasteiger partial charge in [0.25, 0.3) is 0 Å². The molecule has 0 spiro atoms. The van der Waals surface area contributed by atoms with E-state index in [1.165, 1.54) is 20.3 Å². The number of carbonyl (C=O) groups is 1. The number of aryl methyl sites for hydroxylation is 1.